The van der Waals surface area contributed by atoms with Crippen molar-refractivity contribution < 1.29 is 14.7 Å². The maximum absolute atomic E-state index is 13.0. The molecule has 36 heavy (non-hydrogen) atoms. The standard InChI is InChI=1S/C29H38N4O3/c34-28(31-18-26(29(35)36)23-6-1-5-22(17-23)20-10-11-20)24-8-3-15-33(19-24)16-4-9-25-13-12-21-7-2-14-30-27(21)32-25/h1,5-6,12-13,17,20,24,26H,2-4,7-11,14-16,18-19H2,(H,30,32)(H,31,34)(H,35,36)/t24-,26+/m1/s1. The molecule has 1 aromatic carbocycles. The van der Waals surface area contributed by atoms with E-state index < -0.39 is 11.9 Å². The van der Waals surface area contributed by atoms with Crippen LogP contribution < -0.4 is 10.6 Å². The van der Waals surface area contributed by atoms with Crippen molar-refractivity contribution in [1.29, 1.82) is 0 Å². The second-order valence-corrected chi connectivity index (χ2v) is 10.7. The zero-order valence-electron chi connectivity index (χ0n) is 21.0. The minimum atomic E-state index is -0.889. The highest BCUT2D eigenvalue weighted by Crippen LogP contribution is 2.40. The highest BCUT2D eigenvalue weighted by atomic mass is 16.4. The van der Waals surface area contributed by atoms with Crippen molar-refractivity contribution in [1.82, 2.24) is 15.2 Å². The van der Waals surface area contributed by atoms with E-state index in [1.165, 1.54) is 30.4 Å². The van der Waals surface area contributed by atoms with Gasteiger partial charge in [-0.05, 0) is 93.1 Å². The fraction of sp³-hybridized carbons (Fsp3) is 0.552. The van der Waals surface area contributed by atoms with Crippen LogP contribution in [0.5, 0.6) is 0 Å². The monoisotopic (exact) mass is 490 g/mol. The van der Waals surface area contributed by atoms with Gasteiger partial charge in [-0.1, -0.05) is 30.3 Å². The maximum atomic E-state index is 13.0. The van der Waals surface area contributed by atoms with Crippen LogP contribution in [0.4, 0.5) is 5.82 Å². The molecule has 2 atom stereocenters. The molecule has 0 unspecified atom stereocenters. The van der Waals surface area contributed by atoms with E-state index in [2.05, 4.69) is 33.7 Å². The van der Waals surface area contributed by atoms with Crippen LogP contribution >= 0.6 is 0 Å². The molecule has 5 rings (SSSR count). The molecule has 3 aliphatic rings. The van der Waals surface area contributed by atoms with Gasteiger partial charge in [0.2, 0.25) is 5.91 Å². The lowest BCUT2D eigenvalue weighted by molar-refractivity contribution is -0.138. The third kappa shape index (κ3) is 6.25. The van der Waals surface area contributed by atoms with Crippen LogP contribution in [0.2, 0.25) is 0 Å². The van der Waals surface area contributed by atoms with E-state index >= 15 is 0 Å². The Balaban J connectivity index is 1.09. The predicted molar refractivity (Wildman–Crippen MR) is 140 cm³/mol. The highest BCUT2D eigenvalue weighted by molar-refractivity contribution is 5.81. The van der Waals surface area contributed by atoms with Crippen LogP contribution in [0.1, 0.15) is 72.7 Å². The van der Waals surface area contributed by atoms with Crippen molar-refractivity contribution >= 4 is 17.7 Å². The fourth-order valence-corrected chi connectivity index (χ4v) is 5.61. The molecule has 7 heteroatoms. The number of carbonyl (C=O) groups excluding carboxylic acids is 1. The van der Waals surface area contributed by atoms with E-state index in [4.69, 9.17) is 4.98 Å². The lowest BCUT2D eigenvalue weighted by atomic mass is 9.94. The molecule has 0 bridgehead atoms. The number of aromatic nitrogens is 1. The van der Waals surface area contributed by atoms with Gasteiger partial charge in [-0.3, -0.25) is 9.59 Å². The number of hydrogen-bond acceptors (Lipinski definition) is 5. The summed E-state index contributed by atoms with van der Waals surface area (Å²) in [5.41, 5.74) is 4.44. The SMILES string of the molecule is O=C(NC[C@H](C(=O)O)c1cccc(C2CC2)c1)[C@@H]1CCCN(CCCc2ccc3c(n2)NCCC3)C1. The summed E-state index contributed by atoms with van der Waals surface area (Å²) in [4.78, 5) is 32.1. The molecular weight excluding hydrogens is 452 g/mol. The van der Waals surface area contributed by atoms with E-state index in [1.807, 2.05) is 18.2 Å². The lowest BCUT2D eigenvalue weighted by Gasteiger charge is -2.32. The molecule has 3 heterocycles. The number of nitrogens with one attached hydrogen (secondary N) is 2. The Hall–Kier alpha value is -2.93. The summed E-state index contributed by atoms with van der Waals surface area (Å²) >= 11 is 0. The molecule has 1 aromatic heterocycles. The van der Waals surface area contributed by atoms with Gasteiger partial charge in [0.25, 0.3) is 0 Å². The van der Waals surface area contributed by atoms with Gasteiger partial charge in [0, 0.05) is 25.3 Å². The molecule has 0 radical (unpaired) electrons. The van der Waals surface area contributed by atoms with E-state index in [-0.39, 0.29) is 18.4 Å². The second-order valence-electron chi connectivity index (χ2n) is 10.7. The van der Waals surface area contributed by atoms with E-state index in [1.54, 1.807) is 0 Å². The summed E-state index contributed by atoms with van der Waals surface area (Å²) in [6.45, 7) is 3.83. The number of carboxylic acids is 1. The average Bonchev–Trinajstić information content (AvgIpc) is 3.75. The van der Waals surface area contributed by atoms with Gasteiger partial charge in [0.1, 0.15) is 5.82 Å². The number of amides is 1. The van der Waals surface area contributed by atoms with Gasteiger partial charge in [-0.25, -0.2) is 4.98 Å². The van der Waals surface area contributed by atoms with Crippen molar-refractivity contribution in [2.24, 2.45) is 5.92 Å². The number of carbonyl (C=O) groups is 2. The summed E-state index contributed by atoms with van der Waals surface area (Å²) in [7, 11) is 0. The van der Waals surface area contributed by atoms with Crippen molar-refractivity contribution in [2.45, 2.75) is 63.2 Å². The molecule has 1 aliphatic carbocycles. The van der Waals surface area contributed by atoms with Crippen molar-refractivity contribution in [3.8, 4) is 0 Å². The number of nitrogens with zero attached hydrogens (tertiary/aromatic N) is 2. The van der Waals surface area contributed by atoms with Crippen molar-refractivity contribution in [3.63, 3.8) is 0 Å². The highest BCUT2D eigenvalue weighted by Gasteiger charge is 2.29. The minimum Gasteiger partial charge on any atom is -0.481 e. The molecule has 192 valence electrons. The first kappa shape index (κ1) is 24.8. The molecule has 1 amide bonds. The van der Waals surface area contributed by atoms with E-state index in [0.29, 0.717) is 5.92 Å². The lowest BCUT2D eigenvalue weighted by Crippen LogP contribution is -2.44. The number of aryl methyl sites for hydroxylation is 2. The van der Waals surface area contributed by atoms with E-state index in [9.17, 15) is 14.7 Å². The maximum Gasteiger partial charge on any atom is 0.312 e. The van der Waals surface area contributed by atoms with Gasteiger partial charge < -0.3 is 20.6 Å². The van der Waals surface area contributed by atoms with Crippen molar-refractivity contribution in [3.05, 3.63) is 58.8 Å². The second kappa shape index (κ2) is 11.4. The Labute approximate surface area is 213 Å². The van der Waals surface area contributed by atoms with Crippen LogP contribution in [0, 0.1) is 5.92 Å². The van der Waals surface area contributed by atoms with Crippen LogP contribution in [0.3, 0.4) is 0 Å². The number of pyridine rings is 1. The topological polar surface area (TPSA) is 94.6 Å². The number of rotatable bonds is 10. The van der Waals surface area contributed by atoms with Crippen molar-refractivity contribution in [2.75, 3.05) is 38.0 Å². The zero-order valence-corrected chi connectivity index (χ0v) is 21.0. The van der Waals surface area contributed by atoms with Gasteiger partial charge in [-0.2, -0.15) is 0 Å². The Morgan fingerprint density at radius 2 is 2.06 bits per heavy atom. The minimum absolute atomic E-state index is 0.0216. The quantitative estimate of drug-likeness (QED) is 0.467. The summed E-state index contributed by atoms with van der Waals surface area (Å²) in [6, 6.07) is 12.3. The summed E-state index contributed by atoms with van der Waals surface area (Å²) < 4.78 is 0. The third-order valence-corrected chi connectivity index (χ3v) is 7.88. The zero-order chi connectivity index (χ0) is 24.9. The third-order valence-electron chi connectivity index (χ3n) is 7.88. The molecule has 0 spiro atoms. The normalized spacial score (nSPS) is 20.7. The Morgan fingerprint density at radius 3 is 2.89 bits per heavy atom. The number of fused-ring (bicyclic) bond motifs is 1. The number of benzene rings is 1. The number of piperidine rings is 1. The largest absolute Gasteiger partial charge is 0.481 e. The summed E-state index contributed by atoms with van der Waals surface area (Å²) in [5, 5.41) is 16.2. The number of aliphatic carboxylic acids is 1. The summed E-state index contributed by atoms with van der Waals surface area (Å²) in [6.07, 6.45) is 8.42. The van der Waals surface area contributed by atoms with Gasteiger partial charge in [-0.15, -0.1) is 0 Å². The smallest absolute Gasteiger partial charge is 0.312 e. The van der Waals surface area contributed by atoms with E-state index in [0.717, 1.165) is 75.4 Å². The Kier molecular flexibility index (Phi) is 7.85. The summed E-state index contributed by atoms with van der Waals surface area (Å²) in [5.74, 6) is -0.0940. The van der Waals surface area contributed by atoms with Gasteiger partial charge in [0.15, 0.2) is 0 Å². The van der Waals surface area contributed by atoms with Crippen LogP contribution in [0.15, 0.2) is 36.4 Å². The number of likely N-dealkylation sites (tertiary alicyclic amines) is 1. The molecule has 2 aliphatic heterocycles. The Morgan fingerprint density at radius 1 is 1.17 bits per heavy atom. The number of carboxylic acid groups (broad SMARTS) is 1. The first-order valence-corrected chi connectivity index (χ1v) is 13.6. The molecule has 2 aromatic rings. The fourth-order valence-electron chi connectivity index (χ4n) is 5.61. The van der Waals surface area contributed by atoms with Gasteiger partial charge >= 0.3 is 5.97 Å². The van der Waals surface area contributed by atoms with Gasteiger partial charge in [0.05, 0.1) is 11.8 Å². The van der Waals surface area contributed by atoms with Crippen LogP contribution in [-0.2, 0) is 22.4 Å². The van der Waals surface area contributed by atoms with Crippen LogP contribution in [0.25, 0.3) is 0 Å². The molecule has 1 saturated carbocycles. The number of hydrogen-bond donors (Lipinski definition) is 3. The number of anilines is 1. The molecular formula is C29H38N4O3. The predicted octanol–water partition coefficient (Wildman–Crippen LogP) is 3.95. The Bertz CT molecular complexity index is 1080. The molecule has 3 N–H and O–H groups in total. The molecule has 2 fully saturated rings. The first-order valence-electron chi connectivity index (χ1n) is 13.6. The molecule has 7 nitrogen and oxygen atoms in total. The average molecular weight is 491 g/mol. The first-order chi connectivity index (χ1) is 17.6. The molecule has 1 saturated heterocycles. The van der Waals surface area contributed by atoms with Crippen LogP contribution in [-0.4, -0.2) is 59.6 Å².